The van der Waals surface area contributed by atoms with Crippen molar-refractivity contribution in [2.45, 2.75) is 13.5 Å². The SMILES string of the molecule is CCOc1cnn(Cc2ccccc2)c(=O)c1Nc1ccc(C(=O)NCCN2CCOCC2)cc1. The predicted octanol–water partition coefficient (Wildman–Crippen LogP) is 2.50. The monoisotopic (exact) mass is 477 g/mol. The Morgan fingerprint density at radius 2 is 1.83 bits per heavy atom. The first-order chi connectivity index (χ1) is 17.1. The topological polar surface area (TPSA) is 97.7 Å². The zero-order valence-electron chi connectivity index (χ0n) is 19.9. The fraction of sp³-hybridized carbons (Fsp3) is 0.346. The molecule has 1 aromatic heterocycles. The van der Waals surface area contributed by atoms with Crippen LogP contribution in [0.5, 0.6) is 5.75 Å². The van der Waals surface area contributed by atoms with Crippen molar-refractivity contribution in [2.75, 3.05) is 51.3 Å². The molecule has 0 saturated carbocycles. The average molecular weight is 478 g/mol. The molecular formula is C26H31N5O4. The van der Waals surface area contributed by atoms with Crippen LogP contribution in [0.25, 0.3) is 0 Å². The molecule has 184 valence electrons. The Hall–Kier alpha value is -3.69. The van der Waals surface area contributed by atoms with Gasteiger partial charge in [-0.3, -0.25) is 14.5 Å². The van der Waals surface area contributed by atoms with Crippen LogP contribution in [0, 0.1) is 0 Å². The van der Waals surface area contributed by atoms with E-state index in [1.165, 1.54) is 4.68 Å². The van der Waals surface area contributed by atoms with Crippen LogP contribution in [-0.2, 0) is 11.3 Å². The van der Waals surface area contributed by atoms with E-state index in [9.17, 15) is 9.59 Å². The largest absolute Gasteiger partial charge is 0.490 e. The van der Waals surface area contributed by atoms with Gasteiger partial charge in [-0.2, -0.15) is 5.10 Å². The van der Waals surface area contributed by atoms with Gasteiger partial charge in [0.15, 0.2) is 11.4 Å². The first-order valence-electron chi connectivity index (χ1n) is 11.9. The molecule has 9 nitrogen and oxygen atoms in total. The molecule has 1 fully saturated rings. The maximum atomic E-state index is 13.2. The van der Waals surface area contributed by atoms with Crippen LogP contribution in [0.2, 0.25) is 0 Å². The van der Waals surface area contributed by atoms with Gasteiger partial charge in [0.1, 0.15) is 0 Å². The van der Waals surface area contributed by atoms with Gasteiger partial charge in [0.25, 0.3) is 11.5 Å². The van der Waals surface area contributed by atoms with E-state index < -0.39 is 0 Å². The number of hydrogen-bond donors (Lipinski definition) is 2. The minimum Gasteiger partial charge on any atom is -0.490 e. The lowest BCUT2D eigenvalue weighted by atomic mass is 10.2. The highest BCUT2D eigenvalue weighted by atomic mass is 16.5. The number of ether oxygens (including phenoxy) is 2. The maximum Gasteiger partial charge on any atom is 0.294 e. The summed E-state index contributed by atoms with van der Waals surface area (Å²) in [5.41, 5.74) is 2.22. The lowest BCUT2D eigenvalue weighted by Gasteiger charge is -2.26. The van der Waals surface area contributed by atoms with Gasteiger partial charge in [0.2, 0.25) is 0 Å². The number of morpholine rings is 1. The summed E-state index contributed by atoms with van der Waals surface area (Å²) in [5.74, 6) is 0.251. The summed E-state index contributed by atoms with van der Waals surface area (Å²) in [4.78, 5) is 28.0. The van der Waals surface area contributed by atoms with Crippen molar-refractivity contribution >= 4 is 17.3 Å². The number of amides is 1. The smallest absolute Gasteiger partial charge is 0.294 e. The van der Waals surface area contributed by atoms with E-state index in [2.05, 4.69) is 20.6 Å². The number of hydrogen-bond acceptors (Lipinski definition) is 7. The van der Waals surface area contributed by atoms with Gasteiger partial charge in [0, 0.05) is 37.4 Å². The third-order valence-corrected chi connectivity index (χ3v) is 5.72. The Balaban J connectivity index is 1.42. The second-order valence-electron chi connectivity index (χ2n) is 8.18. The molecule has 9 heteroatoms. The standard InChI is InChI=1S/C26H31N5O4/c1-2-35-23-18-28-31(19-20-6-4-3-5-7-20)26(33)24(23)29-22-10-8-21(9-11-22)25(32)27-12-13-30-14-16-34-17-15-30/h3-11,18,29H,2,12-17,19H2,1H3,(H,27,32). The van der Waals surface area contributed by atoms with Gasteiger partial charge in [-0.15, -0.1) is 0 Å². The molecule has 3 aromatic rings. The van der Waals surface area contributed by atoms with E-state index in [1.807, 2.05) is 37.3 Å². The predicted molar refractivity (Wildman–Crippen MR) is 135 cm³/mol. The highest BCUT2D eigenvalue weighted by molar-refractivity contribution is 5.94. The van der Waals surface area contributed by atoms with Crippen molar-refractivity contribution in [1.29, 1.82) is 0 Å². The second-order valence-corrected chi connectivity index (χ2v) is 8.18. The third-order valence-electron chi connectivity index (χ3n) is 5.72. The molecule has 4 rings (SSSR count). The van der Waals surface area contributed by atoms with Crippen LogP contribution in [-0.4, -0.2) is 66.6 Å². The number of carbonyl (C=O) groups excluding carboxylic acids is 1. The lowest BCUT2D eigenvalue weighted by molar-refractivity contribution is 0.0383. The van der Waals surface area contributed by atoms with E-state index in [0.29, 0.717) is 42.4 Å². The molecule has 2 heterocycles. The molecule has 2 N–H and O–H groups in total. The van der Waals surface area contributed by atoms with Crippen LogP contribution in [0.15, 0.2) is 65.6 Å². The molecule has 0 radical (unpaired) electrons. The van der Waals surface area contributed by atoms with Crippen molar-refractivity contribution in [2.24, 2.45) is 0 Å². The number of carbonyl (C=O) groups is 1. The highest BCUT2D eigenvalue weighted by Crippen LogP contribution is 2.23. The Bertz CT molecular complexity index is 1160. The molecule has 0 bridgehead atoms. The highest BCUT2D eigenvalue weighted by Gasteiger charge is 2.15. The van der Waals surface area contributed by atoms with Crippen LogP contribution < -0.4 is 20.9 Å². The van der Waals surface area contributed by atoms with Crippen LogP contribution >= 0.6 is 0 Å². The second kappa shape index (κ2) is 12.1. The molecule has 1 saturated heterocycles. The summed E-state index contributed by atoms with van der Waals surface area (Å²) < 4.78 is 12.4. The molecule has 2 aromatic carbocycles. The minimum absolute atomic E-state index is 0.131. The number of anilines is 2. The van der Waals surface area contributed by atoms with Crippen LogP contribution in [0.3, 0.4) is 0 Å². The summed E-state index contributed by atoms with van der Waals surface area (Å²) in [6, 6.07) is 16.7. The molecular weight excluding hydrogens is 446 g/mol. The number of rotatable bonds is 10. The lowest BCUT2D eigenvalue weighted by Crippen LogP contribution is -2.41. The summed E-state index contributed by atoms with van der Waals surface area (Å²) in [7, 11) is 0. The molecule has 0 spiro atoms. The Labute approximate surface area is 204 Å². The molecule has 35 heavy (non-hydrogen) atoms. The summed E-state index contributed by atoms with van der Waals surface area (Å²) >= 11 is 0. The van der Waals surface area contributed by atoms with Crippen molar-refractivity contribution in [1.82, 2.24) is 20.0 Å². The number of nitrogens with one attached hydrogen (secondary N) is 2. The van der Waals surface area contributed by atoms with Crippen LogP contribution in [0.1, 0.15) is 22.8 Å². The normalized spacial score (nSPS) is 13.9. The van der Waals surface area contributed by atoms with Gasteiger partial charge in [0.05, 0.1) is 32.6 Å². The Kier molecular flexibility index (Phi) is 8.48. The average Bonchev–Trinajstić information content (AvgIpc) is 2.89. The minimum atomic E-state index is -0.287. The first-order valence-corrected chi connectivity index (χ1v) is 11.9. The molecule has 0 atom stereocenters. The molecule has 1 aliphatic rings. The maximum absolute atomic E-state index is 13.2. The van der Waals surface area contributed by atoms with Crippen molar-refractivity contribution in [3.05, 3.63) is 82.3 Å². The van der Waals surface area contributed by atoms with E-state index in [-0.39, 0.29) is 11.5 Å². The Morgan fingerprint density at radius 3 is 2.54 bits per heavy atom. The zero-order chi connectivity index (χ0) is 24.5. The van der Waals surface area contributed by atoms with Gasteiger partial charge >= 0.3 is 0 Å². The fourth-order valence-corrected chi connectivity index (χ4v) is 3.83. The van der Waals surface area contributed by atoms with Crippen molar-refractivity contribution in [3.63, 3.8) is 0 Å². The van der Waals surface area contributed by atoms with Gasteiger partial charge in [-0.05, 0) is 36.8 Å². The van der Waals surface area contributed by atoms with Gasteiger partial charge in [-0.1, -0.05) is 30.3 Å². The van der Waals surface area contributed by atoms with Gasteiger partial charge in [-0.25, -0.2) is 4.68 Å². The van der Waals surface area contributed by atoms with Crippen molar-refractivity contribution < 1.29 is 14.3 Å². The first kappa shape index (κ1) is 24.4. The van der Waals surface area contributed by atoms with E-state index in [1.54, 1.807) is 30.5 Å². The fourth-order valence-electron chi connectivity index (χ4n) is 3.83. The number of aromatic nitrogens is 2. The molecule has 1 aliphatic heterocycles. The quantitative estimate of drug-likeness (QED) is 0.463. The van der Waals surface area contributed by atoms with Crippen LogP contribution in [0.4, 0.5) is 11.4 Å². The Morgan fingerprint density at radius 1 is 1.09 bits per heavy atom. The zero-order valence-corrected chi connectivity index (χ0v) is 19.9. The molecule has 0 aliphatic carbocycles. The van der Waals surface area contributed by atoms with E-state index in [4.69, 9.17) is 9.47 Å². The molecule has 1 amide bonds. The number of nitrogens with zero attached hydrogens (tertiary/aromatic N) is 3. The third kappa shape index (κ3) is 6.68. The van der Waals surface area contributed by atoms with E-state index >= 15 is 0 Å². The summed E-state index contributed by atoms with van der Waals surface area (Å²) in [6.45, 7) is 7.24. The number of benzene rings is 2. The molecule has 0 unspecified atom stereocenters. The van der Waals surface area contributed by atoms with E-state index in [0.717, 1.165) is 38.4 Å². The summed E-state index contributed by atoms with van der Waals surface area (Å²) in [6.07, 6.45) is 1.55. The van der Waals surface area contributed by atoms with Crippen molar-refractivity contribution in [3.8, 4) is 5.75 Å². The summed E-state index contributed by atoms with van der Waals surface area (Å²) in [5, 5.41) is 10.4. The van der Waals surface area contributed by atoms with Gasteiger partial charge < -0.3 is 20.1 Å².